The molecular weight excluding hydrogens is 218 g/mol. The standard InChI is InChI=1S/C12H25N3O2/c1-12(2,15(3)4)8-14-11(16)10-6-9(17-5)7-13-10/h9-10,13H,6-8H2,1-5H3,(H,14,16). The molecule has 5 nitrogen and oxygen atoms in total. The molecule has 0 spiro atoms. The Morgan fingerprint density at radius 2 is 2.18 bits per heavy atom. The summed E-state index contributed by atoms with van der Waals surface area (Å²) in [6.45, 7) is 5.61. The lowest BCUT2D eigenvalue weighted by Crippen LogP contribution is -2.51. The average Bonchev–Trinajstić information content (AvgIpc) is 2.74. The summed E-state index contributed by atoms with van der Waals surface area (Å²) in [5.74, 6) is 0.0690. The van der Waals surface area contributed by atoms with Crippen LogP contribution in [0.5, 0.6) is 0 Å². The minimum atomic E-state index is -0.113. The SMILES string of the molecule is COC1CNC(C(=O)NCC(C)(C)N(C)C)C1. The van der Waals surface area contributed by atoms with Crippen LogP contribution in [0.25, 0.3) is 0 Å². The zero-order chi connectivity index (χ0) is 13.1. The summed E-state index contributed by atoms with van der Waals surface area (Å²) in [7, 11) is 5.71. The van der Waals surface area contributed by atoms with Gasteiger partial charge in [0.25, 0.3) is 0 Å². The number of hydrogen-bond acceptors (Lipinski definition) is 4. The van der Waals surface area contributed by atoms with E-state index in [1.54, 1.807) is 7.11 Å². The lowest BCUT2D eigenvalue weighted by molar-refractivity contribution is -0.123. The van der Waals surface area contributed by atoms with Crippen LogP contribution in [-0.2, 0) is 9.53 Å². The van der Waals surface area contributed by atoms with Crippen LogP contribution in [0.2, 0.25) is 0 Å². The largest absolute Gasteiger partial charge is 0.380 e. The Labute approximate surface area is 104 Å². The van der Waals surface area contributed by atoms with Gasteiger partial charge in [-0.15, -0.1) is 0 Å². The van der Waals surface area contributed by atoms with Crippen molar-refractivity contribution in [1.82, 2.24) is 15.5 Å². The summed E-state index contributed by atoms with van der Waals surface area (Å²) in [6, 6.07) is -0.113. The fourth-order valence-electron chi connectivity index (χ4n) is 1.67. The van der Waals surface area contributed by atoms with Crippen molar-refractivity contribution in [2.24, 2.45) is 0 Å². The molecule has 2 atom stereocenters. The number of rotatable bonds is 5. The highest BCUT2D eigenvalue weighted by Crippen LogP contribution is 2.11. The molecule has 1 rings (SSSR count). The number of methoxy groups -OCH3 is 1. The van der Waals surface area contributed by atoms with E-state index in [1.165, 1.54) is 0 Å². The molecule has 2 N–H and O–H groups in total. The van der Waals surface area contributed by atoms with Gasteiger partial charge < -0.3 is 20.3 Å². The Balaban J connectivity index is 2.36. The molecule has 0 aliphatic carbocycles. The van der Waals surface area contributed by atoms with Gasteiger partial charge in [0.2, 0.25) is 5.91 Å². The molecule has 1 saturated heterocycles. The fraction of sp³-hybridized carbons (Fsp3) is 0.917. The highest BCUT2D eigenvalue weighted by atomic mass is 16.5. The average molecular weight is 243 g/mol. The first-order valence-electron chi connectivity index (χ1n) is 6.08. The van der Waals surface area contributed by atoms with Crippen molar-refractivity contribution < 1.29 is 9.53 Å². The number of likely N-dealkylation sites (N-methyl/N-ethyl adjacent to an activating group) is 1. The molecule has 2 unspecified atom stereocenters. The molecule has 1 aliphatic heterocycles. The van der Waals surface area contributed by atoms with E-state index in [4.69, 9.17) is 4.74 Å². The van der Waals surface area contributed by atoms with Crippen molar-refractivity contribution in [2.45, 2.75) is 38.0 Å². The highest BCUT2D eigenvalue weighted by Gasteiger charge is 2.30. The minimum Gasteiger partial charge on any atom is -0.380 e. The second-order valence-corrected chi connectivity index (χ2v) is 5.48. The normalized spacial score (nSPS) is 25.3. The van der Waals surface area contributed by atoms with Crippen LogP contribution in [0.4, 0.5) is 0 Å². The second-order valence-electron chi connectivity index (χ2n) is 5.48. The van der Waals surface area contributed by atoms with Gasteiger partial charge in [0, 0.05) is 25.7 Å². The van der Waals surface area contributed by atoms with Crippen LogP contribution in [0.3, 0.4) is 0 Å². The number of ether oxygens (including phenoxy) is 1. The number of amides is 1. The van der Waals surface area contributed by atoms with Crippen LogP contribution < -0.4 is 10.6 Å². The quantitative estimate of drug-likeness (QED) is 0.703. The van der Waals surface area contributed by atoms with E-state index < -0.39 is 0 Å². The van der Waals surface area contributed by atoms with Crippen molar-refractivity contribution in [2.75, 3.05) is 34.3 Å². The molecule has 5 heteroatoms. The molecule has 0 radical (unpaired) electrons. The zero-order valence-corrected chi connectivity index (χ0v) is 11.5. The monoisotopic (exact) mass is 243 g/mol. The van der Waals surface area contributed by atoms with E-state index in [9.17, 15) is 4.79 Å². The Morgan fingerprint density at radius 3 is 2.65 bits per heavy atom. The molecule has 100 valence electrons. The number of hydrogen-bond donors (Lipinski definition) is 2. The zero-order valence-electron chi connectivity index (χ0n) is 11.5. The van der Waals surface area contributed by atoms with E-state index >= 15 is 0 Å². The Morgan fingerprint density at radius 1 is 1.53 bits per heavy atom. The first kappa shape index (κ1) is 14.4. The Kier molecular flexibility index (Phi) is 4.91. The summed E-state index contributed by atoms with van der Waals surface area (Å²) >= 11 is 0. The number of nitrogens with zero attached hydrogens (tertiary/aromatic N) is 1. The van der Waals surface area contributed by atoms with Gasteiger partial charge in [0.15, 0.2) is 0 Å². The van der Waals surface area contributed by atoms with E-state index in [1.807, 2.05) is 14.1 Å². The summed E-state index contributed by atoms with van der Waals surface area (Å²) < 4.78 is 5.22. The number of carbonyl (C=O) groups is 1. The van der Waals surface area contributed by atoms with E-state index in [2.05, 4.69) is 29.4 Å². The predicted molar refractivity (Wildman–Crippen MR) is 68.0 cm³/mol. The summed E-state index contributed by atoms with van der Waals surface area (Å²) in [4.78, 5) is 14.0. The van der Waals surface area contributed by atoms with Crippen LogP contribution in [-0.4, -0.2) is 62.8 Å². The Hall–Kier alpha value is -0.650. The maximum atomic E-state index is 11.9. The van der Waals surface area contributed by atoms with Gasteiger partial charge in [-0.25, -0.2) is 0 Å². The van der Waals surface area contributed by atoms with Gasteiger partial charge in [-0.2, -0.15) is 0 Å². The summed E-state index contributed by atoms with van der Waals surface area (Å²) in [6.07, 6.45) is 0.915. The van der Waals surface area contributed by atoms with Crippen LogP contribution in [0.1, 0.15) is 20.3 Å². The molecular formula is C12H25N3O2. The van der Waals surface area contributed by atoms with Gasteiger partial charge in [-0.1, -0.05) is 0 Å². The topological polar surface area (TPSA) is 53.6 Å². The molecule has 1 heterocycles. The van der Waals surface area contributed by atoms with Gasteiger partial charge in [-0.05, 0) is 34.4 Å². The fourth-order valence-corrected chi connectivity index (χ4v) is 1.67. The van der Waals surface area contributed by atoms with Crippen molar-refractivity contribution in [3.63, 3.8) is 0 Å². The van der Waals surface area contributed by atoms with Gasteiger partial charge in [0.05, 0.1) is 12.1 Å². The molecule has 0 aromatic carbocycles. The van der Waals surface area contributed by atoms with Crippen LogP contribution in [0, 0.1) is 0 Å². The molecule has 17 heavy (non-hydrogen) atoms. The summed E-state index contributed by atoms with van der Waals surface area (Å²) in [5, 5.41) is 6.16. The molecule has 0 aromatic heterocycles. The van der Waals surface area contributed by atoms with Crippen LogP contribution in [0.15, 0.2) is 0 Å². The molecule has 1 fully saturated rings. The van der Waals surface area contributed by atoms with Crippen LogP contribution >= 0.6 is 0 Å². The predicted octanol–water partition coefficient (Wildman–Crippen LogP) is -0.180. The van der Waals surface area contributed by atoms with E-state index in [0.29, 0.717) is 6.54 Å². The van der Waals surface area contributed by atoms with Crippen molar-refractivity contribution in [3.8, 4) is 0 Å². The third-order valence-electron chi connectivity index (χ3n) is 3.65. The van der Waals surface area contributed by atoms with Crippen molar-refractivity contribution in [1.29, 1.82) is 0 Å². The number of nitrogens with one attached hydrogen (secondary N) is 2. The maximum Gasteiger partial charge on any atom is 0.237 e. The van der Waals surface area contributed by atoms with Gasteiger partial charge >= 0.3 is 0 Å². The molecule has 1 aliphatic rings. The molecule has 0 aromatic rings. The van der Waals surface area contributed by atoms with Gasteiger partial charge in [0.1, 0.15) is 0 Å². The third-order valence-corrected chi connectivity index (χ3v) is 3.65. The first-order chi connectivity index (χ1) is 7.86. The lowest BCUT2D eigenvalue weighted by atomic mass is 10.0. The Bertz CT molecular complexity index is 266. The van der Waals surface area contributed by atoms with Crippen molar-refractivity contribution >= 4 is 5.91 Å². The van der Waals surface area contributed by atoms with Crippen molar-refractivity contribution in [3.05, 3.63) is 0 Å². The second kappa shape index (κ2) is 5.80. The van der Waals surface area contributed by atoms with E-state index in [0.717, 1.165) is 13.0 Å². The first-order valence-corrected chi connectivity index (χ1v) is 6.08. The molecule has 0 bridgehead atoms. The smallest absolute Gasteiger partial charge is 0.237 e. The molecule has 0 saturated carbocycles. The minimum absolute atomic E-state index is 0.0328. The lowest BCUT2D eigenvalue weighted by Gasteiger charge is -2.33. The van der Waals surface area contributed by atoms with Gasteiger partial charge in [-0.3, -0.25) is 4.79 Å². The summed E-state index contributed by atoms with van der Waals surface area (Å²) in [5.41, 5.74) is -0.0328. The van der Waals surface area contributed by atoms with E-state index in [-0.39, 0.29) is 23.6 Å². The number of carbonyl (C=O) groups excluding carboxylic acids is 1. The molecule has 1 amide bonds. The third kappa shape index (κ3) is 3.94. The maximum absolute atomic E-state index is 11.9. The highest BCUT2D eigenvalue weighted by molar-refractivity contribution is 5.82.